The van der Waals surface area contributed by atoms with E-state index in [-0.39, 0.29) is 30.5 Å². The lowest BCUT2D eigenvalue weighted by atomic mass is 10.1. The first kappa shape index (κ1) is 27.8. The van der Waals surface area contributed by atoms with Crippen molar-refractivity contribution in [1.29, 1.82) is 0 Å². The molecular weight excluding hydrogens is 524 g/mol. The number of nitrogens with zero attached hydrogens (tertiary/aromatic N) is 2. The first-order valence-corrected chi connectivity index (χ1v) is 10.5. The van der Waals surface area contributed by atoms with Gasteiger partial charge in [-0.25, -0.2) is 4.99 Å². The highest BCUT2D eigenvalue weighted by Gasteiger charge is 2.26. The number of aliphatic imine (C=N–C) groups is 1. The van der Waals surface area contributed by atoms with Crippen molar-refractivity contribution >= 4 is 29.9 Å². The quantitative estimate of drug-likeness (QED) is 0.260. The summed E-state index contributed by atoms with van der Waals surface area (Å²) in [6.07, 6.45) is -2.98. The van der Waals surface area contributed by atoms with Gasteiger partial charge in [-0.2, -0.15) is 13.2 Å². The second-order valence-electron chi connectivity index (χ2n) is 7.31. The number of rotatable bonds is 10. The van der Waals surface area contributed by atoms with Crippen LogP contribution < -0.4 is 15.4 Å². The Bertz CT molecular complexity index is 656. The minimum absolute atomic E-state index is 0. The van der Waals surface area contributed by atoms with Crippen molar-refractivity contribution in [3.63, 3.8) is 0 Å². The van der Waals surface area contributed by atoms with Crippen LogP contribution in [0.2, 0.25) is 0 Å². The number of hydrogen-bond donors (Lipinski definition) is 2. The predicted octanol–water partition coefficient (Wildman–Crippen LogP) is 3.80. The van der Waals surface area contributed by atoms with E-state index >= 15 is 0 Å². The first-order chi connectivity index (χ1) is 14.4. The topological polar surface area (TPSA) is 58.1 Å². The highest BCUT2D eigenvalue weighted by molar-refractivity contribution is 14.0. The number of ether oxygens (including phenoxy) is 2. The molecule has 1 fully saturated rings. The Kier molecular flexibility index (Phi) is 13.2. The Morgan fingerprint density at radius 2 is 2.00 bits per heavy atom. The summed E-state index contributed by atoms with van der Waals surface area (Å²) in [7, 11) is 2.11. The molecular formula is C21H34F3IN4O2. The van der Waals surface area contributed by atoms with E-state index in [2.05, 4.69) is 27.6 Å². The lowest BCUT2D eigenvalue weighted by Gasteiger charge is -2.31. The number of nitrogens with one attached hydrogen (secondary N) is 2. The lowest BCUT2D eigenvalue weighted by Crippen LogP contribution is -2.38. The summed E-state index contributed by atoms with van der Waals surface area (Å²) in [5.74, 6) is 1.13. The molecule has 6 nitrogen and oxygen atoms in total. The molecule has 1 aliphatic heterocycles. The van der Waals surface area contributed by atoms with Gasteiger partial charge in [-0.3, -0.25) is 4.90 Å². The van der Waals surface area contributed by atoms with Crippen LogP contribution in [0.5, 0.6) is 5.75 Å². The summed E-state index contributed by atoms with van der Waals surface area (Å²) < 4.78 is 48.3. The Labute approximate surface area is 200 Å². The standard InChI is InChI=1S/C21H33F3N4O2.HI/c1-3-25-20(26-10-9-21(22,23)24)27-16-17-5-4-6-19(15-17)30-14-11-28(2)18-7-12-29-13-8-18;/h4-6,15,18H,3,7-14,16H2,1-2H3,(H2,25,26,27);1H. The normalized spacial score (nSPS) is 15.5. The highest BCUT2D eigenvalue weighted by Crippen LogP contribution is 2.18. The van der Waals surface area contributed by atoms with Gasteiger partial charge in [0.05, 0.1) is 13.0 Å². The molecule has 0 atom stereocenters. The summed E-state index contributed by atoms with van der Waals surface area (Å²) in [6, 6.07) is 8.17. The van der Waals surface area contributed by atoms with Gasteiger partial charge in [0.15, 0.2) is 5.96 Å². The van der Waals surface area contributed by atoms with E-state index in [4.69, 9.17) is 9.47 Å². The SMILES string of the molecule is CCNC(=NCc1cccc(OCCN(C)C2CCOCC2)c1)NCCC(F)(F)F.I. The minimum Gasteiger partial charge on any atom is -0.492 e. The lowest BCUT2D eigenvalue weighted by molar-refractivity contribution is -0.132. The maximum absolute atomic E-state index is 12.3. The summed E-state index contributed by atoms with van der Waals surface area (Å²) in [5, 5.41) is 5.67. The summed E-state index contributed by atoms with van der Waals surface area (Å²) >= 11 is 0. The molecule has 10 heteroatoms. The molecule has 0 unspecified atom stereocenters. The molecule has 1 aliphatic rings. The molecule has 0 bridgehead atoms. The first-order valence-electron chi connectivity index (χ1n) is 10.5. The summed E-state index contributed by atoms with van der Waals surface area (Å²) in [5.41, 5.74) is 0.929. The molecule has 0 aliphatic carbocycles. The van der Waals surface area contributed by atoms with Gasteiger partial charge < -0.3 is 20.1 Å². The van der Waals surface area contributed by atoms with E-state index in [0.717, 1.165) is 43.9 Å². The fraction of sp³-hybridized carbons (Fsp3) is 0.667. The van der Waals surface area contributed by atoms with Crippen LogP contribution in [0.4, 0.5) is 13.2 Å². The van der Waals surface area contributed by atoms with Crippen LogP contribution in [0.1, 0.15) is 31.7 Å². The maximum Gasteiger partial charge on any atom is 0.390 e. The van der Waals surface area contributed by atoms with Crippen LogP contribution >= 0.6 is 24.0 Å². The highest BCUT2D eigenvalue weighted by atomic mass is 127. The average molecular weight is 558 g/mol. The third-order valence-corrected chi connectivity index (χ3v) is 4.89. The second-order valence-corrected chi connectivity index (χ2v) is 7.31. The Morgan fingerprint density at radius 3 is 2.68 bits per heavy atom. The van der Waals surface area contributed by atoms with E-state index in [9.17, 15) is 13.2 Å². The van der Waals surface area contributed by atoms with E-state index in [0.29, 0.717) is 31.7 Å². The number of benzene rings is 1. The fourth-order valence-electron chi connectivity index (χ4n) is 3.18. The molecule has 2 N–H and O–H groups in total. The van der Waals surface area contributed by atoms with Gasteiger partial charge in [0.25, 0.3) is 0 Å². The van der Waals surface area contributed by atoms with Crippen LogP contribution in [0.15, 0.2) is 29.3 Å². The molecule has 0 spiro atoms. The van der Waals surface area contributed by atoms with Gasteiger partial charge in [0, 0.05) is 38.9 Å². The summed E-state index contributed by atoms with van der Waals surface area (Å²) in [6.45, 7) is 5.63. The van der Waals surface area contributed by atoms with Crippen molar-refractivity contribution in [3.8, 4) is 5.75 Å². The van der Waals surface area contributed by atoms with E-state index < -0.39 is 12.6 Å². The van der Waals surface area contributed by atoms with Gasteiger partial charge in [-0.05, 0) is 44.5 Å². The van der Waals surface area contributed by atoms with Crippen molar-refractivity contribution in [3.05, 3.63) is 29.8 Å². The zero-order valence-corrected chi connectivity index (χ0v) is 20.5. The number of guanidine groups is 1. The molecule has 0 radical (unpaired) electrons. The molecule has 1 aromatic carbocycles. The Balaban J connectivity index is 0.00000480. The molecule has 2 rings (SSSR count). The maximum atomic E-state index is 12.3. The predicted molar refractivity (Wildman–Crippen MR) is 127 cm³/mol. The number of alkyl halides is 3. The van der Waals surface area contributed by atoms with Crippen LogP contribution in [-0.4, -0.2) is 69.6 Å². The van der Waals surface area contributed by atoms with Gasteiger partial charge in [-0.15, -0.1) is 24.0 Å². The average Bonchev–Trinajstić information content (AvgIpc) is 2.72. The molecule has 1 aromatic rings. The van der Waals surface area contributed by atoms with E-state index in [1.54, 1.807) is 0 Å². The van der Waals surface area contributed by atoms with Crippen LogP contribution in [0.25, 0.3) is 0 Å². The van der Waals surface area contributed by atoms with Crippen LogP contribution in [0, 0.1) is 0 Å². The van der Waals surface area contributed by atoms with E-state index in [1.807, 2.05) is 31.2 Å². The molecule has 178 valence electrons. The van der Waals surface area contributed by atoms with Gasteiger partial charge >= 0.3 is 6.18 Å². The zero-order valence-electron chi connectivity index (χ0n) is 18.2. The molecule has 0 saturated carbocycles. The Morgan fingerprint density at radius 1 is 1.26 bits per heavy atom. The van der Waals surface area contributed by atoms with Gasteiger partial charge in [-0.1, -0.05) is 12.1 Å². The monoisotopic (exact) mass is 558 g/mol. The summed E-state index contributed by atoms with van der Waals surface area (Å²) in [4.78, 5) is 6.68. The largest absolute Gasteiger partial charge is 0.492 e. The van der Waals surface area contributed by atoms with Gasteiger partial charge in [0.1, 0.15) is 12.4 Å². The third-order valence-electron chi connectivity index (χ3n) is 4.89. The fourth-order valence-corrected chi connectivity index (χ4v) is 3.18. The van der Waals surface area contributed by atoms with Crippen molar-refractivity contribution < 1.29 is 22.6 Å². The van der Waals surface area contributed by atoms with E-state index in [1.165, 1.54) is 0 Å². The molecule has 0 aromatic heterocycles. The number of hydrogen-bond acceptors (Lipinski definition) is 4. The molecule has 0 amide bonds. The second kappa shape index (κ2) is 14.7. The Hall–Kier alpha value is -1.27. The van der Waals surface area contributed by atoms with Crippen molar-refractivity contribution in [2.75, 3.05) is 46.5 Å². The van der Waals surface area contributed by atoms with Crippen LogP contribution in [0.3, 0.4) is 0 Å². The van der Waals surface area contributed by atoms with Crippen molar-refractivity contribution in [2.45, 2.75) is 44.9 Å². The van der Waals surface area contributed by atoms with Gasteiger partial charge in [0.2, 0.25) is 0 Å². The van der Waals surface area contributed by atoms with Crippen molar-refractivity contribution in [1.82, 2.24) is 15.5 Å². The molecule has 31 heavy (non-hydrogen) atoms. The molecule has 1 heterocycles. The molecule has 1 saturated heterocycles. The number of halogens is 4. The van der Waals surface area contributed by atoms with Crippen LogP contribution in [-0.2, 0) is 11.3 Å². The smallest absolute Gasteiger partial charge is 0.390 e. The zero-order chi connectivity index (χ0) is 21.8. The minimum atomic E-state index is -4.19. The third kappa shape index (κ3) is 11.8. The number of likely N-dealkylation sites (N-methyl/N-ethyl adjacent to an activating group) is 1. The van der Waals surface area contributed by atoms with Crippen molar-refractivity contribution in [2.24, 2.45) is 4.99 Å².